The van der Waals surface area contributed by atoms with Gasteiger partial charge in [-0.1, -0.05) is 6.07 Å². The summed E-state index contributed by atoms with van der Waals surface area (Å²) in [5.41, 5.74) is 0.942. The Morgan fingerprint density at radius 3 is 2.88 bits per heavy atom. The molecule has 1 heterocycles. The molecular formula is C12H17ClN2O. The summed E-state index contributed by atoms with van der Waals surface area (Å²) >= 11 is 5.45. The van der Waals surface area contributed by atoms with E-state index in [1.54, 1.807) is 6.20 Å². The summed E-state index contributed by atoms with van der Waals surface area (Å²) in [6, 6.07) is 3.95. The Labute approximate surface area is 101 Å². The number of carbonyl (C=O) groups excluding carboxylic acids is 1. The summed E-state index contributed by atoms with van der Waals surface area (Å²) in [6.07, 6.45) is 5.36. The van der Waals surface area contributed by atoms with E-state index in [2.05, 4.69) is 10.3 Å². The van der Waals surface area contributed by atoms with Crippen LogP contribution in [-0.4, -0.2) is 22.3 Å². The quantitative estimate of drug-likeness (QED) is 0.802. The number of nitrogens with one attached hydrogen (secondary N) is 1. The first-order chi connectivity index (χ1) is 7.53. The monoisotopic (exact) mass is 240 g/mol. The van der Waals surface area contributed by atoms with Gasteiger partial charge in [-0.05, 0) is 38.3 Å². The lowest BCUT2D eigenvalue weighted by Gasteiger charge is -2.25. The molecule has 1 rings (SSSR count). The van der Waals surface area contributed by atoms with Crippen LogP contribution in [0.25, 0.3) is 0 Å². The minimum Gasteiger partial charge on any atom is -0.350 e. The lowest BCUT2D eigenvalue weighted by Crippen LogP contribution is -2.44. The first-order valence-corrected chi connectivity index (χ1v) is 5.83. The second-order valence-corrected chi connectivity index (χ2v) is 4.69. The van der Waals surface area contributed by atoms with E-state index >= 15 is 0 Å². The first kappa shape index (κ1) is 13.0. The minimum absolute atomic E-state index is 0.0102. The number of alkyl halides is 1. The minimum atomic E-state index is -0.234. The van der Waals surface area contributed by atoms with Gasteiger partial charge in [-0.3, -0.25) is 9.78 Å². The van der Waals surface area contributed by atoms with E-state index < -0.39 is 0 Å². The lowest BCUT2D eigenvalue weighted by molar-refractivity contribution is -0.120. The zero-order valence-electron chi connectivity index (χ0n) is 9.66. The Morgan fingerprint density at radius 1 is 1.56 bits per heavy atom. The second kappa shape index (κ2) is 5.85. The van der Waals surface area contributed by atoms with Crippen molar-refractivity contribution in [3.05, 3.63) is 30.1 Å². The number of pyridine rings is 1. The van der Waals surface area contributed by atoms with Crippen LogP contribution < -0.4 is 5.32 Å². The molecule has 4 heteroatoms. The fourth-order valence-electron chi connectivity index (χ4n) is 1.48. The van der Waals surface area contributed by atoms with E-state index in [9.17, 15) is 4.79 Å². The molecule has 0 saturated heterocycles. The maximum Gasteiger partial charge on any atom is 0.235 e. The van der Waals surface area contributed by atoms with Crippen LogP contribution in [0.5, 0.6) is 0 Å². The molecule has 16 heavy (non-hydrogen) atoms. The maximum atomic E-state index is 11.2. The van der Waals surface area contributed by atoms with Crippen LogP contribution in [0, 0.1) is 0 Å². The Kier molecular flexibility index (Phi) is 4.74. The topological polar surface area (TPSA) is 42.0 Å². The second-order valence-electron chi connectivity index (χ2n) is 4.43. The molecule has 1 N–H and O–H groups in total. The van der Waals surface area contributed by atoms with Crippen LogP contribution in [0.3, 0.4) is 0 Å². The van der Waals surface area contributed by atoms with E-state index in [1.807, 2.05) is 32.2 Å². The average Bonchev–Trinajstić information content (AvgIpc) is 2.27. The third kappa shape index (κ3) is 4.62. The number of aryl methyl sites for hydroxylation is 1. The fourth-order valence-corrected chi connectivity index (χ4v) is 1.54. The van der Waals surface area contributed by atoms with Crippen molar-refractivity contribution in [3.63, 3.8) is 0 Å². The number of hydrogen-bond acceptors (Lipinski definition) is 2. The predicted molar refractivity (Wildman–Crippen MR) is 65.5 cm³/mol. The van der Waals surface area contributed by atoms with Gasteiger partial charge in [-0.25, -0.2) is 0 Å². The van der Waals surface area contributed by atoms with Crippen LogP contribution >= 0.6 is 11.6 Å². The van der Waals surface area contributed by atoms with Crippen LogP contribution in [0.15, 0.2) is 24.5 Å². The molecule has 0 radical (unpaired) electrons. The van der Waals surface area contributed by atoms with E-state index in [0.717, 1.165) is 12.8 Å². The molecule has 0 aliphatic carbocycles. The van der Waals surface area contributed by atoms with Gasteiger partial charge in [0.15, 0.2) is 0 Å². The number of nitrogens with zero attached hydrogens (tertiary/aromatic N) is 1. The molecule has 1 amide bonds. The highest BCUT2D eigenvalue weighted by molar-refractivity contribution is 6.27. The zero-order valence-corrected chi connectivity index (χ0v) is 10.4. The summed E-state index contributed by atoms with van der Waals surface area (Å²) in [4.78, 5) is 15.2. The normalized spacial score (nSPS) is 11.2. The van der Waals surface area contributed by atoms with E-state index in [-0.39, 0.29) is 17.3 Å². The van der Waals surface area contributed by atoms with Gasteiger partial charge in [0.1, 0.15) is 5.88 Å². The SMILES string of the molecule is CC(C)(CCc1cccnc1)NC(=O)CCl. The highest BCUT2D eigenvalue weighted by atomic mass is 35.5. The van der Waals surface area contributed by atoms with Crippen molar-refractivity contribution in [2.24, 2.45) is 0 Å². The highest BCUT2D eigenvalue weighted by Crippen LogP contribution is 2.12. The van der Waals surface area contributed by atoms with Crippen molar-refractivity contribution in [1.82, 2.24) is 10.3 Å². The Hall–Kier alpha value is -1.09. The number of halogens is 1. The third-order valence-electron chi connectivity index (χ3n) is 2.36. The molecule has 88 valence electrons. The Morgan fingerprint density at radius 2 is 2.31 bits per heavy atom. The Bertz CT molecular complexity index is 338. The molecule has 3 nitrogen and oxygen atoms in total. The van der Waals surface area contributed by atoms with Crippen LogP contribution in [0.2, 0.25) is 0 Å². The van der Waals surface area contributed by atoms with Crippen molar-refractivity contribution in [1.29, 1.82) is 0 Å². The van der Waals surface area contributed by atoms with Crippen molar-refractivity contribution in [3.8, 4) is 0 Å². The number of carbonyl (C=O) groups is 1. The fraction of sp³-hybridized carbons (Fsp3) is 0.500. The predicted octanol–water partition coefficient (Wildman–Crippen LogP) is 2.15. The van der Waals surface area contributed by atoms with Crippen LogP contribution in [0.1, 0.15) is 25.8 Å². The lowest BCUT2D eigenvalue weighted by atomic mass is 9.96. The van der Waals surface area contributed by atoms with Gasteiger partial charge >= 0.3 is 0 Å². The molecule has 0 aliphatic rings. The number of amides is 1. The van der Waals surface area contributed by atoms with Gasteiger partial charge in [0.25, 0.3) is 0 Å². The molecule has 0 bridgehead atoms. The molecular weight excluding hydrogens is 224 g/mol. The largest absolute Gasteiger partial charge is 0.350 e. The van der Waals surface area contributed by atoms with Crippen molar-refractivity contribution < 1.29 is 4.79 Å². The summed E-state index contributed by atoms with van der Waals surface area (Å²) in [5.74, 6) is -0.117. The van der Waals surface area contributed by atoms with Gasteiger partial charge in [0.05, 0.1) is 0 Å². The van der Waals surface area contributed by atoms with Crippen LogP contribution in [-0.2, 0) is 11.2 Å². The summed E-state index contributed by atoms with van der Waals surface area (Å²) < 4.78 is 0. The maximum absolute atomic E-state index is 11.2. The first-order valence-electron chi connectivity index (χ1n) is 5.29. The molecule has 0 fully saturated rings. The van der Waals surface area contributed by atoms with Crippen molar-refractivity contribution in [2.75, 3.05) is 5.88 Å². The summed E-state index contributed by atoms with van der Waals surface area (Å²) in [5, 5.41) is 2.88. The molecule has 0 atom stereocenters. The zero-order chi connectivity index (χ0) is 12.0. The molecule has 1 aromatic heterocycles. The van der Waals surface area contributed by atoms with Crippen molar-refractivity contribution in [2.45, 2.75) is 32.2 Å². The Balaban J connectivity index is 2.44. The molecule has 0 aliphatic heterocycles. The molecule has 0 unspecified atom stereocenters. The summed E-state index contributed by atoms with van der Waals surface area (Å²) in [6.45, 7) is 3.99. The van der Waals surface area contributed by atoms with E-state index in [1.165, 1.54) is 5.56 Å². The average molecular weight is 241 g/mol. The number of hydrogen-bond donors (Lipinski definition) is 1. The molecule has 0 aromatic carbocycles. The van der Waals surface area contributed by atoms with Gasteiger partial charge in [0.2, 0.25) is 5.91 Å². The van der Waals surface area contributed by atoms with Crippen LogP contribution in [0.4, 0.5) is 0 Å². The van der Waals surface area contributed by atoms with E-state index in [0.29, 0.717) is 0 Å². The third-order valence-corrected chi connectivity index (χ3v) is 2.60. The van der Waals surface area contributed by atoms with Crippen molar-refractivity contribution >= 4 is 17.5 Å². The van der Waals surface area contributed by atoms with Gasteiger partial charge in [0, 0.05) is 17.9 Å². The molecule has 0 spiro atoms. The highest BCUT2D eigenvalue weighted by Gasteiger charge is 2.19. The van der Waals surface area contributed by atoms with Gasteiger partial charge in [-0.15, -0.1) is 11.6 Å². The molecule has 0 saturated carbocycles. The standard InChI is InChI=1S/C12H17ClN2O/c1-12(2,15-11(16)8-13)6-5-10-4-3-7-14-9-10/h3-4,7,9H,5-6,8H2,1-2H3,(H,15,16). The smallest absolute Gasteiger partial charge is 0.235 e. The summed E-state index contributed by atoms with van der Waals surface area (Å²) in [7, 11) is 0. The van der Waals surface area contributed by atoms with Gasteiger partial charge < -0.3 is 5.32 Å². The number of aromatic nitrogens is 1. The van der Waals surface area contributed by atoms with Gasteiger partial charge in [-0.2, -0.15) is 0 Å². The van der Waals surface area contributed by atoms with E-state index in [4.69, 9.17) is 11.6 Å². The molecule has 1 aromatic rings. The number of rotatable bonds is 5.